The summed E-state index contributed by atoms with van der Waals surface area (Å²) < 4.78 is 6.28. The van der Waals surface area contributed by atoms with Crippen LogP contribution in [0.1, 0.15) is 32.6 Å². The van der Waals surface area contributed by atoms with Crippen LogP contribution in [0.3, 0.4) is 0 Å². The molecule has 2 aromatic carbocycles. The van der Waals surface area contributed by atoms with Crippen molar-refractivity contribution in [2.45, 2.75) is 20.4 Å². The minimum absolute atomic E-state index is 0.0197. The van der Waals surface area contributed by atoms with Crippen molar-refractivity contribution >= 4 is 11.5 Å². The van der Waals surface area contributed by atoms with Gasteiger partial charge in [0.1, 0.15) is 11.6 Å². The van der Waals surface area contributed by atoms with Crippen molar-refractivity contribution in [3.05, 3.63) is 96.8 Å². The summed E-state index contributed by atoms with van der Waals surface area (Å²) in [6, 6.07) is 14.6. The summed E-state index contributed by atoms with van der Waals surface area (Å²) in [6.07, 6.45) is 0. The van der Waals surface area contributed by atoms with Crippen molar-refractivity contribution < 1.29 is 19.6 Å². The summed E-state index contributed by atoms with van der Waals surface area (Å²) >= 11 is 0. The number of carbonyl (C=O) groups excluding carboxylic acids is 1. The van der Waals surface area contributed by atoms with Gasteiger partial charge in [0, 0.05) is 6.07 Å². The van der Waals surface area contributed by atoms with E-state index >= 15 is 0 Å². The zero-order valence-electron chi connectivity index (χ0n) is 17.4. The Morgan fingerprint density at radius 1 is 1.19 bits per heavy atom. The molecule has 0 spiro atoms. The largest absolute Gasteiger partial charge is 0.494 e. The van der Waals surface area contributed by atoms with E-state index in [1.165, 1.54) is 31.2 Å². The first kappa shape index (κ1) is 22.2. The first-order valence-corrected chi connectivity index (χ1v) is 9.56. The van der Waals surface area contributed by atoms with Gasteiger partial charge in [0.25, 0.3) is 5.56 Å². The van der Waals surface area contributed by atoms with Gasteiger partial charge in [-0.15, -0.1) is 0 Å². The number of nitro groups is 1. The third-order valence-electron chi connectivity index (χ3n) is 4.96. The summed E-state index contributed by atoms with van der Waals surface area (Å²) in [5.41, 5.74) is 0.162. The number of ether oxygens (including phenoxy) is 1. The number of ketones is 1. The first-order valence-electron chi connectivity index (χ1n) is 9.56. The number of pyridine rings is 1. The van der Waals surface area contributed by atoms with Crippen LogP contribution in [0.2, 0.25) is 0 Å². The van der Waals surface area contributed by atoms with E-state index in [4.69, 9.17) is 4.74 Å². The van der Waals surface area contributed by atoms with Crippen LogP contribution in [0.25, 0.3) is 0 Å². The molecule has 0 unspecified atom stereocenters. The van der Waals surface area contributed by atoms with Gasteiger partial charge in [-0.2, -0.15) is 5.26 Å². The standard InChI is InChI=1S/C23H19N3O6/c1-14-7-9-16(10-8-14)12-25-22(28)17(11-24)15(2)21(23(25)29)19(27)13-32-20-6-4-3-5-18(20)26(30)31/h3-10,29H,12-13H2,1-2H3. The van der Waals surface area contributed by atoms with Gasteiger partial charge < -0.3 is 9.84 Å². The lowest BCUT2D eigenvalue weighted by atomic mass is 10.0. The second-order valence-electron chi connectivity index (χ2n) is 7.12. The number of aromatic hydroxyl groups is 1. The van der Waals surface area contributed by atoms with E-state index in [1.54, 1.807) is 18.2 Å². The highest BCUT2D eigenvalue weighted by Gasteiger charge is 2.25. The number of nitro benzene ring substituents is 1. The first-order chi connectivity index (χ1) is 15.2. The van der Waals surface area contributed by atoms with E-state index in [1.807, 2.05) is 19.1 Å². The summed E-state index contributed by atoms with van der Waals surface area (Å²) in [5.74, 6) is -1.44. The molecule has 0 bridgehead atoms. The third kappa shape index (κ3) is 4.34. The molecule has 0 amide bonds. The molecule has 0 saturated carbocycles. The number of benzene rings is 2. The minimum Gasteiger partial charge on any atom is -0.494 e. The average molecular weight is 433 g/mol. The van der Waals surface area contributed by atoms with E-state index in [0.717, 1.165) is 10.1 Å². The molecule has 0 radical (unpaired) electrons. The molecule has 1 N–H and O–H groups in total. The summed E-state index contributed by atoms with van der Waals surface area (Å²) in [7, 11) is 0. The Morgan fingerprint density at radius 2 is 1.84 bits per heavy atom. The predicted molar refractivity (Wildman–Crippen MR) is 115 cm³/mol. The number of nitriles is 1. The van der Waals surface area contributed by atoms with Crippen LogP contribution in [0.15, 0.2) is 53.3 Å². The van der Waals surface area contributed by atoms with Crippen molar-refractivity contribution in [2.24, 2.45) is 0 Å². The molecule has 0 saturated heterocycles. The highest BCUT2D eigenvalue weighted by Crippen LogP contribution is 2.27. The van der Waals surface area contributed by atoms with Gasteiger partial charge in [-0.3, -0.25) is 24.3 Å². The normalized spacial score (nSPS) is 10.4. The highest BCUT2D eigenvalue weighted by molar-refractivity contribution is 6.01. The topological polar surface area (TPSA) is 135 Å². The van der Waals surface area contributed by atoms with Crippen LogP contribution in [0, 0.1) is 35.3 Å². The lowest BCUT2D eigenvalue weighted by Crippen LogP contribution is -2.28. The van der Waals surface area contributed by atoms with Crippen molar-refractivity contribution in [1.82, 2.24) is 4.57 Å². The second-order valence-corrected chi connectivity index (χ2v) is 7.12. The molecule has 9 heteroatoms. The quantitative estimate of drug-likeness (QED) is 0.343. The van der Waals surface area contributed by atoms with Crippen molar-refractivity contribution in [3.63, 3.8) is 0 Å². The molecular formula is C23H19N3O6. The molecule has 32 heavy (non-hydrogen) atoms. The average Bonchev–Trinajstić information content (AvgIpc) is 2.77. The highest BCUT2D eigenvalue weighted by atomic mass is 16.6. The number of para-hydroxylation sites is 2. The molecule has 1 aromatic heterocycles. The number of carbonyl (C=O) groups is 1. The molecule has 1 heterocycles. The predicted octanol–water partition coefficient (Wildman–Crippen LogP) is 3.26. The van der Waals surface area contributed by atoms with Crippen molar-refractivity contribution in [3.8, 4) is 17.7 Å². The lowest BCUT2D eigenvalue weighted by molar-refractivity contribution is -0.385. The number of hydrogen-bond donors (Lipinski definition) is 1. The van der Waals surface area contributed by atoms with Gasteiger partial charge in [0.15, 0.2) is 12.4 Å². The van der Waals surface area contributed by atoms with Crippen LogP contribution < -0.4 is 10.3 Å². The zero-order chi connectivity index (χ0) is 23.4. The molecule has 0 aliphatic carbocycles. The second kappa shape index (κ2) is 9.14. The Morgan fingerprint density at radius 3 is 2.47 bits per heavy atom. The number of rotatable bonds is 7. The van der Waals surface area contributed by atoms with Gasteiger partial charge in [0.2, 0.25) is 11.7 Å². The fraction of sp³-hybridized carbons (Fsp3) is 0.174. The van der Waals surface area contributed by atoms with E-state index in [0.29, 0.717) is 5.56 Å². The third-order valence-corrected chi connectivity index (χ3v) is 4.96. The van der Waals surface area contributed by atoms with Crippen LogP contribution in [0.5, 0.6) is 11.6 Å². The molecule has 0 aliphatic rings. The molecule has 0 aliphatic heterocycles. The molecule has 0 atom stereocenters. The zero-order valence-corrected chi connectivity index (χ0v) is 17.4. The van der Waals surface area contributed by atoms with Gasteiger partial charge >= 0.3 is 5.69 Å². The monoisotopic (exact) mass is 433 g/mol. The maximum absolute atomic E-state index is 12.9. The Bertz CT molecular complexity index is 1300. The van der Waals surface area contributed by atoms with Crippen LogP contribution in [-0.2, 0) is 6.54 Å². The van der Waals surface area contributed by atoms with Gasteiger partial charge in [-0.1, -0.05) is 42.0 Å². The number of aryl methyl sites for hydroxylation is 1. The lowest BCUT2D eigenvalue weighted by Gasteiger charge is -2.16. The molecule has 3 aromatic rings. The minimum atomic E-state index is -0.729. The summed E-state index contributed by atoms with van der Waals surface area (Å²) in [5, 5.41) is 31.4. The SMILES string of the molecule is Cc1ccc(Cn2c(O)c(C(=O)COc3ccccc3[N+](=O)[O-])c(C)c(C#N)c2=O)cc1. The molecule has 0 fully saturated rings. The maximum Gasteiger partial charge on any atom is 0.310 e. The Kier molecular flexibility index (Phi) is 6.35. The molecule has 162 valence electrons. The Hall–Kier alpha value is -4.45. The molecular weight excluding hydrogens is 414 g/mol. The van der Waals surface area contributed by atoms with Gasteiger partial charge in [-0.25, -0.2) is 0 Å². The summed E-state index contributed by atoms with van der Waals surface area (Å²) in [4.78, 5) is 36.1. The van der Waals surface area contributed by atoms with Crippen LogP contribution in [-0.4, -0.2) is 27.0 Å². The number of Topliss-reactive ketones (excluding diaryl/α,β-unsaturated/α-hetero) is 1. The van der Waals surface area contributed by atoms with Crippen molar-refractivity contribution in [2.75, 3.05) is 6.61 Å². The van der Waals surface area contributed by atoms with E-state index in [-0.39, 0.29) is 34.7 Å². The van der Waals surface area contributed by atoms with E-state index in [9.17, 15) is 30.1 Å². The van der Waals surface area contributed by atoms with Gasteiger partial charge in [-0.05, 0) is 31.0 Å². The van der Waals surface area contributed by atoms with Crippen LogP contribution >= 0.6 is 0 Å². The molecule has 3 rings (SSSR count). The number of nitrogens with zero attached hydrogens (tertiary/aromatic N) is 3. The fourth-order valence-corrected chi connectivity index (χ4v) is 3.25. The smallest absolute Gasteiger partial charge is 0.310 e. The Labute approximate surface area is 182 Å². The molecule has 9 nitrogen and oxygen atoms in total. The van der Waals surface area contributed by atoms with E-state index < -0.39 is 28.8 Å². The maximum atomic E-state index is 12.9. The van der Waals surface area contributed by atoms with Crippen LogP contribution in [0.4, 0.5) is 5.69 Å². The number of aromatic nitrogens is 1. The van der Waals surface area contributed by atoms with Crippen molar-refractivity contribution in [1.29, 1.82) is 5.26 Å². The van der Waals surface area contributed by atoms with Gasteiger partial charge in [0.05, 0.1) is 17.0 Å². The Balaban J connectivity index is 1.99. The van der Waals surface area contributed by atoms with E-state index in [2.05, 4.69) is 0 Å². The number of hydrogen-bond acceptors (Lipinski definition) is 7. The summed E-state index contributed by atoms with van der Waals surface area (Å²) in [6.45, 7) is 2.60. The fourth-order valence-electron chi connectivity index (χ4n) is 3.25.